The van der Waals surface area contributed by atoms with Crippen LogP contribution in [0.15, 0.2) is 0 Å². The second-order valence-electron chi connectivity index (χ2n) is 5.75. The molecule has 0 amide bonds. The highest BCUT2D eigenvalue weighted by molar-refractivity contribution is 7.92. The van der Waals surface area contributed by atoms with Crippen molar-refractivity contribution in [2.45, 2.75) is 50.8 Å². The van der Waals surface area contributed by atoms with Crippen LogP contribution in [0.2, 0.25) is 5.15 Å². The molecule has 0 bridgehead atoms. The first kappa shape index (κ1) is 16.8. The normalized spacial score (nSPS) is 23.1. The number of halogens is 1. The average Bonchev–Trinajstić information content (AvgIpc) is 2.64. The van der Waals surface area contributed by atoms with Crippen LogP contribution in [0.1, 0.15) is 37.4 Å². The van der Waals surface area contributed by atoms with Crippen molar-refractivity contribution < 1.29 is 8.42 Å². The highest BCUT2D eigenvalue weighted by atomic mass is 35.5. The Bertz CT molecular complexity index is 598. The van der Waals surface area contributed by atoms with Gasteiger partial charge >= 0.3 is 0 Å². The molecule has 1 N–H and O–H groups in total. The Morgan fingerprint density at radius 3 is 2.71 bits per heavy atom. The van der Waals surface area contributed by atoms with Crippen LogP contribution in [-0.2, 0) is 23.3 Å². The van der Waals surface area contributed by atoms with Crippen molar-refractivity contribution in [2.24, 2.45) is 7.05 Å². The average molecular weight is 334 g/mol. The van der Waals surface area contributed by atoms with Crippen LogP contribution in [-0.4, -0.2) is 41.8 Å². The molecular formula is C14H24ClN3O2S. The summed E-state index contributed by atoms with van der Waals surface area (Å²) >= 11 is 6.29. The molecule has 0 aliphatic carbocycles. The second-order valence-corrected chi connectivity index (χ2v) is 8.45. The number of aromatic nitrogens is 2. The van der Waals surface area contributed by atoms with Crippen molar-refractivity contribution in [3.8, 4) is 0 Å². The molecule has 1 aliphatic rings. The van der Waals surface area contributed by atoms with Crippen molar-refractivity contribution in [3.63, 3.8) is 0 Å². The van der Waals surface area contributed by atoms with Gasteiger partial charge in [-0.15, -0.1) is 0 Å². The molecule has 21 heavy (non-hydrogen) atoms. The summed E-state index contributed by atoms with van der Waals surface area (Å²) in [6, 6.07) is -0.0966. The Hall–Kier alpha value is -0.590. The summed E-state index contributed by atoms with van der Waals surface area (Å²) in [6.45, 7) is 4.66. The maximum Gasteiger partial charge on any atom is 0.154 e. The third kappa shape index (κ3) is 3.60. The lowest BCUT2D eigenvalue weighted by Gasteiger charge is -2.30. The van der Waals surface area contributed by atoms with Gasteiger partial charge in [0.05, 0.1) is 16.7 Å². The molecule has 0 spiro atoms. The fourth-order valence-electron chi connectivity index (χ4n) is 3.15. The minimum Gasteiger partial charge on any atom is -0.313 e. The number of likely N-dealkylation sites (N-methyl/N-ethyl adjacent to an activating group) is 1. The van der Waals surface area contributed by atoms with Crippen LogP contribution >= 0.6 is 11.6 Å². The van der Waals surface area contributed by atoms with Gasteiger partial charge in [0.2, 0.25) is 0 Å². The van der Waals surface area contributed by atoms with Gasteiger partial charge in [0.25, 0.3) is 0 Å². The second kappa shape index (κ2) is 6.67. The molecule has 0 radical (unpaired) electrons. The lowest BCUT2D eigenvalue weighted by molar-refractivity contribution is 0.440. The van der Waals surface area contributed by atoms with Crippen molar-refractivity contribution in [3.05, 3.63) is 16.4 Å². The van der Waals surface area contributed by atoms with Gasteiger partial charge in [-0.2, -0.15) is 5.10 Å². The lowest BCUT2D eigenvalue weighted by atomic mass is 10.00. The highest BCUT2D eigenvalue weighted by Gasteiger charge is 2.36. The summed E-state index contributed by atoms with van der Waals surface area (Å²) in [7, 11) is -1.21. The Labute approximate surface area is 132 Å². The van der Waals surface area contributed by atoms with Gasteiger partial charge in [0, 0.05) is 18.7 Å². The molecule has 2 unspecified atom stereocenters. The topological polar surface area (TPSA) is 64.0 Å². The number of hydrogen-bond acceptors (Lipinski definition) is 4. The molecule has 1 aromatic rings. The van der Waals surface area contributed by atoms with Crippen LogP contribution < -0.4 is 5.32 Å². The Morgan fingerprint density at radius 1 is 1.48 bits per heavy atom. The van der Waals surface area contributed by atoms with Gasteiger partial charge in [-0.25, -0.2) is 8.42 Å². The van der Waals surface area contributed by atoms with E-state index in [4.69, 9.17) is 11.6 Å². The van der Waals surface area contributed by atoms with Crippen LogP contribution in [0.3, 0.4) is 0 Å². The monoisotopic (exact) mass is 333 g/mol. The van der Waals surface area contributed by atoms with E-state index >= 15 is 0 Å². The van der Waals surface area contributed by atoms with Crippen molar-refractivity contribution in [1.82, 2.24) is 15.1 Å². The molecule has 1 saturated heterocycles. The SMILES string of the molecule is CCNC(Cc1c(C)nn(C)c1Cl)C1CCCCS1(=O)=O. The van der Waals surface area contributed by atoms with Gasteiger partial charge < -0.3 is 5.32 Å². The third-order valence-electron chi connectivity index (χ3n) is 4.24. The molecule has 0 aromatic carbocycles. The van der Waals surface area contributed by atoms with Gasteiger partial charge in [0.1, 0.15) is 5.15 Å². The Balaban J connectivity index is 2.27. The fraction of sp³-hybridized carbons (Fsp3) is 0.786. The molecule has 5 nitrogen and oxygen atoms in total. The molecule has 2 atom stereocenters. The van der Waals surface area contributed by atoms with Crippen molar-refractivity contribution in [2.75, 3.05) is 12.3 Å². The van der Waals surface area contributed by atoms with E-state index in [2.05, 4.69) is 10.4 Å². The number of sulfone groups is 1. The van der Waals surface area contributed by atoms with Crippen LogP contribution in [0.25, 0.3) is 0 Å². The Kier molecular flexibility index (Phi) is 5.33. The quantitative estimate of drug-likeness (QED) is 0.893. The van der Waals surface area contributed by atoms with Crippen LogP contribution in [0.4, 0.5) is 0 Å². The zero-order chi connectivity index (χ0) is 15.6. The number of nitrogens with zero attached hydrogens (tertiary/aromatic N) is 2. The smallest absolute Gasteiger partial charge is 0.154 e. The van der Waals surface area contributed by atoms with E-state index < -0.39 is 9.84 Å². The van der Waals surface area contributed by atoms with E-state index in [1.165, 1.54) is 0 Å². The van der Waals surface area contributed by atoms with Gasteiger partial charge in [-0.3, -0.25) is 4.68 Å². The van der Waals surface area contributed by atoms with Gasteiger partial charge in [-0.05, 0) is 32.7 Å². The first-order valence-electron chi connectivity index (χ1n) is 7.49. The molecular weight excluding hydrogens is 310 g/mol. The van der Waals surface area contributed by atoms with Gasteiger partial charge in [-0.1, -0.05) is 24.9 Å². The van der Waals surface area contributed by atoms with E-state index in [0.29, 0.717) is 17.3 Å². The molecule has 2 rings (SSSR count). The standard InChI is InChI=1S/C14H24ClN3O2S/c1-4-16-12(13-7-5-6-8-21(13,19)20)9-11-10(2)17-18(3)14(11)15/h12-13,16H,4-9H2,1-3H3. The molecule has 1 aliphatic heterocycles. The third-order valence-corrected chi connectivity index (χ3v) is 7.06. The largest absolute Gasteiger partial charge is 0.313 e. The number of aryl methyl sites for hydroxylation is 2. The van der Waals surface area contributed by atoms with E-state index in [9.17, 15) is 8.42 Å². The first-order valence-corrected chi connectivity index (χ1v) is 9.59. The minimum absolute atomic E-state index is 0.0966. The van der Waals surface area contributed by atoms with E-state index in [0.717, 1.165) is 37.1 Å². The summed E-state index contributed by atoms with van der Waals surface area (Å²) in [4.78, 5) is 0. The summed E-state index contributed by atoms with van der Waals surface area (Å²) in [5.41, 5.74) is 1.82. The molecule has 2 heterocycles. The molecule has 0 saturated carbocycles. The number of nitrogens with one attached hydrogen (secondary N) is 1. The predicted molar refractivity (Wildman–Crippen MR) is 85.5 cm³/mol. The summed E-state index contributed by atoms with van der Waals surface area (Å²) in [5, 5.41) is 7.94. The zero-order valence-electron chi connectivity index (χ0n) is 12.9. The zero-order valence-corrected chi connectivity index (χ0v) is 14.5. The molecule has 1 fully saturated rings. The summed E-state index contributed by atoms with van der Waals surface area (Å²) in [5.74, 6) is 0.305. The maximum absolute atomic E-state index is 12.4. The summed E-state index contributed by atoms with van der Waals surface area (Å²) < 4.78 is 26.4. The Morgan fingerprint density at radius 2 is 2.19 bits per heavy atom. The first-order chi connectivity index (χ1) is 9.86. The maximum atomic E-state index is 12.4. The molecule has 120 valence electrons. The van der Waals surface area contributed by atoms with E-state index in [-0.39, 0.29) is 11.3 Å². The number of hydrogen-bond donors (Lipinski definition) is 1. The van der Waals surface area contributed by atoms with Crippen molar-refractivity contribution in [1.29, 1.82) is 0 Å². The van der Waals surface area contributed by atoms with Crippen LogP contribution in [0.5, 0.6) is 0 Å². The van der Waals surface area contributed by atoms with Gasteiger partial charge in [0.15, 0.2) is 9.84 Å². The lowest BCUT2D eigenvalue weighted by Crippen LogP contribution is -2.48. The highest BCUT2D eigenvalue weighted by Crippen LogP contribution is 2.27. The van der Waals surface area contributed by atoms with E-state index in [1.54, 1.807) is 11.7 Å². The van der Waals surface area contributed by atoms with E-state index in [1.807, 2.05) is 13.8 Å². The van der Waals surface area contributed by atoms with Crippen LogP contribution in [0, 0.1) is 6.92 Å². The minimum atomic E-state index is -3.02. The molecule has 7 heteroatoms. The van der Waals surface area contributed by atoms with Crippen molar-refractivity contribution >= 4 is 21.4 Å². The summed E-state index contributed by atoms with van der Waals surface area (Å²) in [6.07, 6.45) is 3.10. The molecule has 1 aromatic heterocycles. The predicted octanol–water partition coefficient (Wildman–Crippen LogP) is 1.87. The fourth-order valence-corrected chi connectivity index (χ4v) is 5.53. The number of rotatable bonds is 5.